The minimum absolute atomic E-state index is 0. The fraction of sp³-hybridized carbons (Fsp3) is 1.00. The highest BCUT2D eigenvalue weighted by atomic mass is 35.5. The van der Waals surface area contributed by atoms with Gasteiger partial charge in [-0.2, -0.15) is 17.4 Å². The molecule has 1 rings (SSSR count). The van der Waals surface area contributed by atoms with Gasteiger partial charge in [-0.1, -0.05) is 26.2 Å². The molecule has 5 nitrogen and oxygen atoms in total. The molecular formula is C11H26ClN3O2S. The number of unbranched alkanes of at least 4 members (excludes halogenated alkanes) is 1. The maximum Gasteiger partial charge on any atom is 0.279 e. The van der Waals surface area contributed by atoms with Crippen LogP contribution in [0.2, 0.25) is 0 Å². The van der Waals surface area contributed by atoms with Crippen LogP contribution in [0.3, 0.4) is 0 Å². The van der Waals surface area contributed by atoms with Crippen molar-refractivity contribution in [2.75, 3.05) is 19.6 Å². The molecule has 0 aliphatic carbocycles. The summed E-state index contributed by atoms with van der Waals surface area (Å²) in [6.45, 7) is 3.74. The van der Waals surface area contributed by atoms with E-state index in [-0.39, 0.29) is 18.4 Å². The van der Waals surface area contributed by atoms with Crippen molar-refractivity contribution in [3.63, 3.8) is 0 Å². The van der Waals surface area contributed by atoms with Crippen LogP contribution in [0.5, 0.6) is 0 Å². The van der Waals surface area contributed by atoms with Gasteiger partial charge in [0.05, 0.1) is 0 Å². The molecule has 1 aliphatic rings. The number of nitrogens with two attached hydrogens (primary N) is 1. The van der Waals surface area contributed by atoms with E-state index in [9.17, 15) is 8.42 Å². The molecule has 0 saturated carbocycles. The average molecular weight is 300 g/mol. The summed E-state index contributed by atoms with van der Waals surface area (Å²) >= 11 is 0. The van der Waals surface area contributed by atoms with E-state index in [2.05, 4.69) is 11.6 Å². The second-order valence-corrected chi connectivity index (χ2v) is 6.36. The number of piperidine rings is 1. The van der Waals surface area contributed by atoms with Crippen molar-refractivity contribution in [3.05, 3.63) is 0 Å². The molecule has 0 aromatic rings. The van der Waals surface area contributed by atoms with Crippen molar-refractivity contribution in [3.8, 4) is 0 Å². The Morgan fingerprint density at radius 2 is 1.89 bits per heavy atom. The van der Waals surface area contributed by atoms with E-state index in [0.717, 1.165) is 38.5 Å². The molecule has 18 heavy (non-hydrogen) atoms. The molecule has 0 radical (unpaired) electrons. The van der Waals surface area contributed by atoms with Crippen LogP contribution in [0.25, 0.3) is 0 Å². The minimum atomic E-state index is -3.32. The molecule has 1 atom stereocenters. The fourth-order valence-electron chi connectivity index (χ4n) is 2.07. The first-order valence-corrected chi connectivity index (χ1v) is 8.01. The molecule has 0 spiro atoms. The Bertz CT molecular complexity index is 305. The molecule has 7 heteroatoms. The number of nitrogens with one attached hydrogen (secondary N) is 1. The van der Waals surface area contributed by atoms with Gasteiger partial charge in [-0.15, -0.1) is 12.4 Å². The van der Waals surface area contributed by atoms with Gasteiger partial charge in [-0.25, -0.2) is 0 Å². The van der Waals surface area contributed by atoms with Crippen LogP contribution in [0.15, 0.2) is 0 Å². The summed E-state index contributed by atoms with van der Waals surface area (Å²) in [7, 11) is -3.32. The molecule has 0 bridgehead atoms. The van der Waals surface area contributed by atoms with Crippen molar-refractivity contribution in [2.45, 2.75) is 51.5 Å². The minimum Gasteiger partial charge on any atom is -0.329 e. The van der Waals surface area contributed by atoms with Gasteiger partial charge >= 0.3 is 0 Å². The summed E-state index contributed by atoms with van der Waals surface area (Å²) in [4.78, 5) is 0. The van der Waals surface area contributed by atoms with Crippen LogP contribution >= 0.6 is 12.4 Å². The molecule has 1 saturated heterocycles. The predicted octanol–water partition coefficient (Wildman–Crippen LogP) is 1.25. The highest BCUT2D eigenvalue weighted by Gasteiger charge is 2.25. The lowest BCUT2D eigenvalue weighted by Gasteiger charge is -2.28. The normalized spacial score (nSPS) is 19.2. The van der Waals surface area contributed by atoms with Crippen molar-refractivity contribution in [1.29, 1.82) is 0 Å². The predicted molar refractivity (Wildman–Crippen MR) is 77.1 cm³/mol. The zero-order valence-electron chi connectivity index (χ0n) is 11.1. The van der Waals surface area contributed by atoms with E-state index in [0.29, 0.717) is 19.6 Å². The Balaban J connectivity index is 0.00000289. The Labute approximate surface area is 117 Å². The summed E-state index contributed by atoms with van der Waals surface area (Å²) in [6, 6.07) is -0.123. The molecular weight excluding hydrogens is 274 g/mol. The summed E-state index contributed by atoms with van der Waals surface area (Å²) in [5.74, 6) is 0. The number of rotatable bonds is 7. The highest BCUT2D eigenvalue weighted by molar-refractivity contribution is 7.87. The summed E-state index contributed by atoms with van der Waals surface area (Å²) in [6.07, 6.45) is 5.93. The van der Waals surface area contributed by atoms with Gasteiger partial charge in [0.15, 0.2) is 0 Å². The second-order valence-electron chi connectivity index (χ2n) is 4.66. The second kappa shape index (κ2) is 9.09. The third-order valence-corrected chi connectivity index (χ3v) is 4.84. The van der Waals surface area contributed by atoms with Gasteiger partial charge in [-0.3, -0.25) is 0 Å². The van der Waals surface area contributed by atoms with Gasteiger partial charge in [-0.05, 0) is 19.3 Å². The monoisotopic (exact) mass is 299 g/mol. The number of halogens is 1. The number of hydrogen-bond acceptors (Lipinski definition) is 3. The first-order chi connectivity index (χ1) is 8.10. The Morgan fingerprint density at radius 1 is 1.28 bits per heavy atom. The van der Waals surface area contributed by atoms with Crippen molar-refractivity contribution >= 4 is 22.6 Å². The molecule has 1 fully saturated rings. The van der Waals surface area contributed by atoms with Crippen LogP contribution in [0, 0.1) is 0 Å². The first kappa shape index (κ1) is 18.1. The molecule has 1 aliphatic heterocycles. The Hall–Kier alpha value is 0.120. The third-order valence-electron chi connectivity index (χ3n) is 3.16. The first-order valence-electron chi connectivity index (χ1n) is 6.57. The molecule has 1 unspecified atom stereocenters. The van der Waals surface area contributed by atoms with E-state index < -0.39 is 10.2 Å². The number of nitrogens with zero attached hydrogens (tertiary/aromatic N) is 1. The van der Waals surface area contributed by atoms with Crippen molar-refractivity contribution in [2.24, 2.45) is 5.73 Å². The standard InChI is InChI=1S/C11H25N3O2S.ClH/c1-2-3-7-11(10-12)13-17(15,16)14-8-5-4-6-9-14;/h11,13H,2-10,12H2,1H3;1H. The fourth-order valence-corrected chi connectivity index (χ4v) is 3.59. The van der Waals surface area contributed by atoms with Crippen LogP contribution in [0.1, 0.15) is 45.4 Å². The van der Waals surface area contributed by atoms with Gasteiger partial charge in [0.2, 0.25) is 0 Å². The van der Waals surface area contributed by atoms with Crippen LogP contribution in [-0.4, -0.2) is 38.4 Å². The molecule has 110 valence electrons. The zero-order valence-corrected chi connectivity index (χ0v) is 12.7. The van der Waals surface area contributed by atoms with Crippen LogP contribution < -0.4 is 10.5 Å². The van der Waals surface area contributed by atoms with E-state index in [1.54, 1.807) is 4.31 Å². The summed E-state index contributed by atoms with van der Waals surface area (Å²) in [5.41, 5.74) is 5.60. The molecule has 1 heterocycles. The topological polar surface area (TPSA) is 75.4 Å². The lowest BCUT2D eigenvalue weighted by atomic mass is 10.1. The highest BCUT2D eigenvalue weighted by Crippen LogP contribution is 2.13. The van der Waals surface area contributed by atoms with Crippen molar-refractivity contribution in [1.82, 2.24) is 9.03 Å². The van der Waals surface area contributed by atoms with Crippen molar-refractivity contribution < 1.29 is 8.42 Å². The molecule has 0 amide bonds. The van der Waals surface area contributed by atoms with E-state index in [1.807, 2.05) is 0 Å². The van der Waals surface area contributed by atoms with Crippen LogP contribution in [-0.2, 0) is 10.2 Å². The Kier molecular flexibility index (Phi) is 9.15. The quantitative estimate of drug-likeness (QED) is 0.743. The van der Waals surface area contributed by atoms with E-state index in [4.69, 9.17) is 5.73 Å². The lowest BCUT2D eigenvalue weighted by Crippen LogP contribution is -2.49. The van der Waals surface area contributed by atoms with Crippen LogP contribution in [0.4, 0.5) is 0 Å². The SMILES string of the molecule is CCCCC(CN)NS(=O)(=O)N1CCCCC1.Cl. The number of hydrogen-bond donors (Lipinski definition) is 2. The molecule has 3 N–H and O–H groups in total. The molecule has 0 aromatic carbocycles. The zero-order chi connectivity index (χ0) is 12.7. The van der Waals surface area contributed by atoms with Gasteiger partial charge in [0, 0.05) is 25.7 Å². The Morgan fingerprint density at radius 3 is 2.39 bits per heavy atom. The van der Waals surface area contributed by atoms with Gasteiger partial charge in [0.25, 0.3) is 10.2 Å². The average Bonchev–Trinajstić information content (AvgIpc) is 2.35. The van der Waals surface area contributed by atoms with Gasteiger partial charge in [0.1, 0.15) is 0 Å². The maximum absolute atomic E-state index is 12.1. The molecule has 0 aromatic heterocycles. The van der Waals surface area contributed by atoms with E-state index >= 15 is 0 Å². The smallest absolute Gasteiger partial charge is 0.279 e. The summed E-state index contributed by atoms with van der Waals surface area (Å²) < 4.78 is 28.4. The third kappa shape index (κ3) is 5.84. The summed E-state index contributed by atoms with van der Waals surface area (Å²) in [5, 5.41) is 0. The largest absolute Gasteiger partial charge is 0.329 e. The maximum atomic E-state index is 12.1. The lowest BCUT2D eigenvalue weighted by molar-refractivity contribution is 0.337. The van der Waals surface area contributed by atoms with E-state index in [1.165, 1.54) is 0 Å². The van der Waals surface area contributed by atoms with Gasteiger partial charge < -0.3 is 5.73 Å².